The number of β-amino-alcohol motifs (C(OH)–C–C–N with tert-alkyl or cyclic N) is 1. The molecule has 2 amide bonds. The van der Waals surface area contributed by atoms with Crippen molar-refractivity contribution >= 4 is 23.2 Å². The standard InChI is InChI=1S/C13H13N3O5/c1-8-9(3-2-4-11(8)16(20)21)14-10-7-12(18)15(5-6-17)13(10)19/h2-4,7,14,17H,5-6H2,1H3. The quantitative estimate of drug-likeness (QED) is 0.465. The number of aliphatic hydroxyl groups is 1. The van der Waals surface area contributed by atoms with E-state index in [2.05, 4.69) is 5.32 Å². The number of nitrogens with zero attached hydrogens (tertiary/aromatic N) is 2. The monoisotopic (exact) mass is 291 g/mol. The molecule has 0 bridgehead atoms. The van der Waals surface area contributed by atoms with E-state index in [0.29, 0.717) is 11.3 Å². The van der Waals surface area contributed by atoms with Gasteiger partial charge in [0.2, 0.25) is 0 Å². The molecule has 0 fully saturated rings. The van der Waals surface area contributed by atoms with Crippen LogP contribution >= 0.6 is 0 Å². The maximum absolute atomic E-state index is 12.0. The molecule has 0 atom stereocenters. The number of carbonyl (C=O) groups is 2. The number of aliphatic hydroxyl groups excluding tert-OH is 1. The molecule has 2 rings (SSSR count). The summed E-state index contributed by atoms with van der Waals surface area (Å²) >= 11 is 0. The second-order valence-corrected chi connectivity index (χ2v) is 4.41. The predicted molar refractivity (Wildman–Crippen MR) is 73.3 cm³/mol. The number of nitrogens with one attached hydrogen (secondary N) is 1. The van der Waals surface area contributed by atoms with Crippen LogP contribution < -0.4 is 5.32 Å². The van der Waals surface area contributed by atoms with E-state index in [4.69, 9.17) is 5.11 Å². The Morgan fingerprint density at radius 1 is 1.38 bits per heavy atom. The second kappa shape index (κ2) is 5.71. The third-order valence-electron chi connectivity index (χ3n) is 3.10. The molecule has 1 aliphatic heterocycles. The molecular formula is C13H13N3O5. The number of carbonyl (C=O) groups excluding carboxylic acids is 2. The first-order valence-electron chi connectivity index (χ1n) is 6.15. The number of imide groups is 1. The Bertz CT molecular complexity index is 653. The van der Waals surface area contributed by atoms with Gasteiger partial charge in [0.25, 0.3) is 17.5 Å². The molecule has 0 aromatic heterocycles. The van der Waals surface area contributed by atoms with Crippen LogP contribution in [0.2, 0.25) is 0 Å². The van der Waals surface area contributed by atoms with Crippen LogP contribution in [0.25, 0.3) is 0 Å². The molecule has 110 valence electrons. The molecule has 1 aromatic rings. The van der Waals surface area contributed by atoms with Crippen molar-refractivity contribution < 1.29 is 19.6 Å². The van der Waals surface area contributed by atoms with E-state index in [-0.39, 0.29) is 24.5 Å². The van der Waals surface area contributed by atoms with E-state index >= 15 is 0 Å². The Kier molecular flexibility index (Phi) is 3.99. The van der Waals surface area contributed by atoms with Gasteiger partial charge in [0.15, 0.2) is 0 Å². The first-order chi connectivity index (χ1) is 9.95. The van der Waals surface area contributed by atoms with Crippen molar-refractivity contribution in [1.29, 1.82) is 0 Å². The van der Waals surface area contributed by atoms with Gasteiger partial charge in [0.05, 0.1) is 23.6 Å². The largest absolute Gasteiger partial charge is 0.395 e. The van der Waals surface area contributed by atoms with Crippen LogP contribution in [-0.2, 0) is 9.59 Å². The van der Waals surface area contributed by atoms with E-state index in [1.54, 1.807) is 13.0 Å². The number of hydrogen-bond acceptors (Lipinski definition) is 6. The summed E-state index contributed by atoms with van der Waals surface area (Å²) in [6.07, 6.45) is 1.11. The maximum atomic E-state index is 12.0. The molecule has 0 unspecified atom stereocenters. The van der Waals surface area contributed by atoms with Gasteiger partial charge >= 0.3 is 0 Å². The van der Waals surface area contributed by atoms with Gasteiger partial charge in [-0.05, 0) is 13.0 Å². The lowest BCUT2D eigenvalue weighted by atomic mass is 10.1. The Hall–Kier alpha value is -2.74. The molecule has 1 aromatic carbocycles. The zero-order valence-electron chi connectivity index (χ0n) is 11.2. The highest BCUT2D eigenvalue weighted by Gasteiger charge is 2.31. The molecule has 0 saturated carbocycles. The predicted octanol–water partition coefficient (Wildman–Crippen LogP) is 0.560. The van der Waals surface area contributed by atoms with Gasteiger partial charge in [0.1, 0.15) is 5.70 Å². The van der Waals surface area contributed by atoms with Crippen LogP contribution in [0.15, 0.2) is 30.0 Å². The van der Waals surface area contributed by atoms with Crippen LogP contribution in [0, 0.1) is 17.0 Å². The fourth-order valence-electron chi connectivity index (χ4n) is 2.01. The Morgan fingerprint density at radius 3 is 2.71 bits per heavy atom. The second-order valence-electron chi connectivity index (χ2n) is 4.41. The number of amides is 2. The smallest absolute Gasteiger partial charge is 0.277 e. The molecule has 21 heavy (non-hydrogen) atoms. The van der Waals surface area contributed by atoms with Gasteiger partial charge in [-0.3, -0.25) is 24.6 Å². The van der Waals surface area contributed by atoms with Gasteiger partial charge in [-0.25, -0.2) is 0 Å². The van der Waals surface area contributed by atoms with Crippen molar-refractivity contribution in [3.05, 3.63) is 45.6 Å². The highest BCUT2D eigenvalue weighted by molar-refractivity contribution is 6.17. The SMILES string of the molecule is Cc1c(NC2=CC(=O)N(CCO)C2=O)cccc1[N+](=O)[O-]. The Balaban J connectivity index is 2.26. The van der Waals surface area contributed by atoms with Crippen LogP contribution in [0.1, 0.15) is 5.56 Å². The summed E-state index contributed by atoms with van der Waals surface area (Å²) in [5.74, 6) is -1.10. The van der Waals surface area contributed by atoms with Crippen molar-refractivity contribution in [1.82, 2.24) is 4.90 Å². The summed E-state index contributed by atoms with van der Waals surface area (Å²) in [5.41, 5.74) is 0.688. The van der Waals surface area contributed by atoms with Crippen LogP contribution in [-0.4, -0.2) is 39.9 Å². The number of anilines is 1. The number of nitro benzene ring substituents is 1. The minimum Gasteiger partial charge on any atom is -0.395 e. The van der Waals surface area contributed by atoms with E-state index in [1.807, 2.05) is 0 Å². The van der Waals surface area contributed by atoms with E-state index in [9.17, 15) is 19.7 Å². The summed E-state index contributed by atoms with van der Waals surface area (Å²) in [4.78, 5) is 34.8. The summed E-state index contributed by atoms with van der Waals surface area (Å²) in [5, 5.41) is 22.4. The molecule has 1 aliphatic rings. The van der Waals surface area contributed by atoms with Crippen LogP contribution in [0.4, 0.5) is 11.4 Å². The molecule has 8 nitrogen and oxygen atoms in total. The Labute approximate surface area is 119 Å². The van der Waals surface area contributed by atoms with Gasteiger partial charge in [-0.2, -0.15) is 0 Å². The van der Waals surface area contributed by atoms with Crippen LogP contribution in [0.3, 0.4) is 0 Å². The summed E-state index contributed by atoms with van der Waals surface area (Å²) < 4.78 is 0. The third kappa shape index (κ3) is 2.75. The zero-order chi connectivity index (χ0) is 15.6. The summed E-state index contributed by atoms with van der Waals surface area (Å²) in [6.45, 7) is 1.13. The average Bonchev–Trinajstić information content (AvgIpc) is 2.69. The molecule has 0 saturated heterocycles. The van der Waals surface area contributed by atoms with Crippen molar-refractivity contribution in [2.45, 2.75) is 6.92 Å². The molecule has 2 N–H and O–H groups in total. The lowest BCUT2D eigenvalue weighted by molar-refractivity contribution is -0.385. The highest BCUT2D eigenvalue weighted by atomic mass is 16.6. The number of benzene rings is 1. The minimum absolute atomic E-state index is 0.0250. The first kappa shape index (κ1) is 14.7. The fourth-order valence-corrected chi connectivity index (χ4v) is 2.01. The van der Waals surface area contributed by atoms with Crippen molar-refractivity contribution in [2.75, 3.05) is 18.5 Å². The van der Waals surface area contributed by atoms with Crippen molar-refractivity contribution in [2.24, 2.45) is 0 Å². The topological polar surface area (TPSA) is 113 Å². The van der Waals surface area contributed by atoms with E-state index in [0.717, 1.165) is 11.0 Å². The number of rotatable bonds is 5. The van der Waals surface area contributed by atoms with E-state index < -0.39 is 16.7 Å². The Morgan fingerprint density at radius 2 is 2.10 bits per heavy atom. The molecular weight excluding hydrogens is 278 g/mol. The maximum Gasteiger partial charge on any atom is 0.277 e. The van der Waals surface area contributed by atoms with Crippen molar-refractivity contribution in [3.63, 3.8) is 0 Å². The molecule has 0 spiro atoms. The van der Waals surface area contributed by atoms with Gasteiger partial charge in [0, 0.05) is 17.8 Å². The average molecular weight is 291 g/mol. The zero-order valence-corrected chi connectivity index (χ0v) is 11.2. The van der Waals surface area contributed by atoms with Gasteiger partial charge in [-0.15, -0.1) is 0 Å². The first-order valence-corrected chi connectivity index (χ1v) is 6.15. The lowest BCUT2D eigenvalue weighted by Crippen LogP contribution is -2.34. The fraction of sp³-hybridized carbons (Fsp3) is 0.231. The third-order valence-corrected chi connectivity index (χ3v) is 3.10. The molecule has 8 heteroatoms. The normalized spacial score (nSPS) is 14.4. The molecule has 0 radical (unpaired) electrons. The molecule has 0 aliphatic carbocycles. The van der Waals surface area contributed by atoms with E-state index in [1.165, 1.54) is 12.1 Å². The van der Waals surface area contributed by atoms with Crippen LogP contribution in [0.5, 0.6) is 0 Å². The molecule has 1 heterocycles. The van der Waals surface area contributed by atoms with Gasteiger partial charge < -0.3 is 10.4 Å². The number of hydrogen-bond donors (Lipinski definition) is 2. The van der Waals surface area contributed by atoms with Gasteiger partial charge in [-0.1, -0.05) is 6.07 Å². The highest BCUT2D eigenvalue weighted by Crippen LogP contribution is 2.27. The minimum atomic E-state index is -0.569. The lowest BCUT2D eigenvalue weighted by Gasteiger charge is -2.14. The number of nitro groups is 1. The summed E-state index contributed by atoms with van der Waals surface area (Å²) in [6, 6.07) is 4.42. The van der Waals surface area contributed by atoms with Crippen molar-refractivity contribution in [3.8, 4) is 0 Å². The summed E-state index contributed by atoms with van der Waals surface area (Å²) in [7, 11) is 0.